The zero-order valence-corrected chi connectivity index (χ0v) is 7.12. The van der Waals surface area contributed by atoms with Gasteiger partial charge in [0, 0.05) is 18.7 Å². The van der Waals surface area contributed by atoms with Crippen molar-refractivity contribution in [1.82, 2.24) is 9.78 Å². The van der Waals surface area contributed by atoms with Crippen LogP contribution in [0.25, 0.3) is 0 Å². The first kappa shape index (κ1) is 7.35. The predicted molar refractivity (Wildman–Crippen MR) is 44.5 cm³/mol. The van der Waals surface area contributed by atoms with Crippen LogP contribution in [0, 0.1) is 11.3 Å². The minimum atomic E-state index is 0.541. The Balaban J connectivity index is 2.31. The maximum Gasteiger partial charge on any atom is 0.162 e. The monoisotopic (exact) mass is 161 g/mol. The van der Waals surface area contributed by atoms with Crippen molar-refractivity contribution in [3.05, 3.63) is 17.5 Å². The van der Waals surface area contributed by atoms with Crippen molar-refractivity contribution in [3.63, 3.8) is 0 Å². The Bertz CT molecular complexity index is 328. The molecule has 2 rings (SSSR count). The van der Waals surface area contributed by atoms with E-state index in [0.717, 1.165) is 0 Å². The van der Waals surface area contributed by atoms with E-state index in [1.165, 1.54) is 25.0 Å². The van der Waals surface area contributed by atoms with Crippen molar-refractivity contribution in [3.8, 4) is 6.07 Å². The van der Waals surface area contributed by atoms with Crippen LogP contribution in [0.3, 0.4) is 0 Å². The van der Waals surface area contributed by atoms with Crippen LogP contribution in [0.15, 0.2) is 6.07 Å². The first-order valence-electron chi connectivity index (χ1n) is 4.25. The summed E-state index contributed by atoms with van der Waals surface area (Å²) in [6.07, 6.45) is 3.83. The normalized spacial score (nSPS) is 17.0. The molecule has 0 aliphatic heterocycles. The van der Waals surface area contributed by atoms with Gasteiger partial charge >= 0.3 is 0 Å². The third-order valence-corrected chi connectivity index (χ3v) is 2.55. The summed E-state index contributed by atoms with van der Waals surface area (Å²) >= 11 is 0. The summed E-state index contributed by atoms with van der Waals surface area (Å²) in [5.74, 6) is 0.657. The molecule has 62 valence electrons. The summed E-state index contributed by atoms with van der Waals surface area (Å²) in [5, 5.41) is 12.7. The van der Waals surface area contributed by atoms with Gasteiger partial charge in [-0.2, -0.15) is 10.4 Å². The fraction of sp³-hybridized carbons (Fsp3) is 0.556. The zero-order chi connectivity index (χ0) is 8.55. The van der Waals surface area contributed by atoms with Gasteiger partial charge in [0.1, 0.15) is 6.07 Å². The maximum atomic E-state index is 8.62. The van der Waals surface area contributed by atoms with Gasteiger partial charge in [0.05, 0.1) is 0 Å². The van der Waals surface area contributed by atoms with E-state index in [1.807, 2.05) is 17.8 Å². The van der Waals surface area contributed by atoms with Crippen LogP contribution in [-0.4, -0.2) is 9.78 Å². The summed E-state index contributed by atoms with van der Waals surface area (Å²) in [6.45, 7) is 0. The van der Waals surface area contributed by atoms with Crippen LogP contribution in [0.4, 0.5) is 0 Å². The molecule has 1 aromatic heterocycles. The molecule has 0 amide bonds. The number of nitrogens with zero attached hydrogens (tertiary/aromatic N) is 3. The quantitative estimate of drug-likeness (QED) is 0.627. The maximum absolute atomic E-state index is 8.62. The molecular formula is C9H11N3. The van der Waals surface area contributed by atoms with Crippen LogP contribution in [0.1, 0.15) is 36.6 Å². The van der Waals surface area contributed by atoms with Gasteiger partial charge in [0.2, 0.25) is 0 Å². The first-order valence-corrected chi connectivity index (χ1v) is 4.25. The molecular weight excluding hydrogens is 150 g/mol. The minimum absolute atomic E-state index is 0.541. The average Bonchev–Trinajstić information content (AvgIpc) is 2.29. The number of hydrogen-bond acceptors (Lipinski definition) is 2. The van der Waals surface area contributed by atoms with Gasteiger partial charge in [-0.05, 0) is 18.9 Å². The lowest BCUT2D eigenvalue weighted by molar-refractivity contribution is 0.397. The second kappa shape index (κ2) is 2.63. The van der Waals surface area contributed by atoms with Crippen LogP contribution < -0.4 is 0 Å². The summed E-state index contributed by atoms with van der Waals surface area (Å²) in [7, 11) is 1.91. The molecule has 3 nitrogen and oxygen atoms in total. The van der Waals surface area contributed by atoms with E-state index in [9.17, 15) is 0 Å². The molecule has 1 aromatic rings. The summed E-state index contributed by atoms with van der Waals surface area (Å²) in [4.78, 5) is 0. The second-order valence-electron chi connectivity index (χ2n) is 3.32. The fourth-order valence-corrected chi connectivity index (χ4v) is 1.62. The van der Waals surface area contributed by atoms with E-state index < -0.39 is 0 Å². The molecule has 1 saturated carbocycles. The Labute approximate surface area is 71.6 Å². The summed E-state index contributed by atoms with van der Waals surface area (Å²) in [5.41, 5.74) is 1.76. The lowest BCUT2D eigenvalue weighted by Gasteiger charge is -2.24. The SMILES string of the molecule is Cn1nc(C#N)cc1C1CCC1. The highest BCUT2D eigenvalue weighted by Gasteiger charge is 2.22. The molecule has 1 fully saturated rings. The highest BCUT2D eigenvalue weighted by Crippen LogP contribution is 2.36. The Hall–Kier alpha value is -1.30. The molecule has 0 bridgehead atoms. The molecule has 1 aliphatic rings. The van der Waals surface area contributed by atoms with Gasteiger partial charge in [-0.15, -0.1) is 0 Å². The smallest absolute Gasteiger partial charge is 0.162 e. The lowest BCUT2D eigenvalue weighted by atomic mass is 9.83. The highest BCUT2D eigenvalue weighted by atomic mass is 15.3. The molecule has 0 N–H and O–H groups in total. The predicted octanol–water partition coefficient (Wildman–Crippen LogP) is 1.56. The number of rotatable bonds is 1. The summed E-state index contributed by atoms with van der Waals surface area (Å²) < 4.78 is 1.84. The first-order chi connectivity index (χ1) is 5.81. The van der Waals surface area contributed by atoms with E-state index in [4.69, 9.17) is 5.26 Å². The number of aryl methyl sites for hydroxylation is 1. The van der Waals surface area contributed by atoms with Crippen molar-refractivity contribution in [2.75, 3.05) is 0 Å². The van der Waals surface area contributed by atoms with Gasteiger partial charge in [-0.3, -0.25) is 4.68 Å². The molecule has 0 atom stereocenters. The van der Waals surface area contributed by atoms with Crippen molar-refractivity contribution in [2.45, 2.75) is 25.2 Å². The molecule has 3 heteroatoms. The highest BCUT2D eigenvalue weighted by molar-refractivity contribution is 5.25. The van der Waals surface area contributed by atoms with Crippen molar-refractivity contribution in [1.29, 1.82) is 5.26 Å². The topological polar surface area (TPSA) is 41.6 Å². The Morgan fingerprint density at radius 1 is 1.67 bits per heavy atom. The average molecular weight is 161 g/mol. The fourth-order valence-electron chi connectivity index (χ4n) is 1.62. The molecule has 1 heterocycles. The van der Waals surface area contributed by atoms with E-state index in [2.05, 4.69) is 11.2 Å². The van der Waals surface area contributed by atoms with Crippen LogP contribution >= 0.6 is 0 Å². The Kier molecular flexibility index (Phi) is 1.61. The van der Waals surface area contributed by atoms with Crippen molar-refractivity contribution in [2.24, 2.45) is 7.05 Å². The minimum Gasteiger partial charge on any atom is -0.271 e. The molecule has 0 saturated heterocycles. The van der Waals surface area contributed by atoms with Gasteiger partial charge in [0.25, 0.3) is 0 Å². The van der Waals surface area contributed by atoms with E-state index in [0.29, 0.717) is 11.6 Å². The van der Waals surface area contributed by atoms with Crippen molar-refractivity contribution >= 4 is 0 Å². The van der Waals surface area contributed by atoms with Crippen molar-refractivity contribution < 1.29 is 0 Å². The largest absolute Gasteiger partial charge is 0.271 e. The summed E-state index contributed by atoms with van der Waals surface area (Å²) in [6, 6.07) is 3.97. The molecule has 12 heavy (non-hydrogen) atoms. The molecule has 0 radical (unpaired) electrons. The van der Waals surface area contributed by atoms with Gasteiger partial charge in [-0.1, -0.05) is 6.42 Å². The van der Waals surface area contributed by atoms with Crippen LogP contribution in [0.2, 0.25) is 0 Å². The Morgan fingerprint density at radius 3 is 2.83 bits per heavy atom. The second-order valence-corrected chi connectivity index (χ2v) is 3.32. The standard InChI is InChI=1S/C9H11N3/c1-12-9(7-3-2-4-7)5-8(6-10)11-12/h5,7H,2-4H2,1H3. The third kappa shape index (κ3) is 1.00. The van der Waals surface area contributed by atoms with Crippen LogP contribution in [-0.2, 0) is 7.05 Å². The van der Waals surface area contributed by atoms with Gasteiger partial charge in [-0.25, -0.2) is 0 Å². The van der Waals surface area contributed by atoms with Gasteiger partial charge in [0.15, 0.2) is 5.69 Å². The Morgan fingerprint density at radius 2 is 2.42 bits per heavy atom. The molecule has 1 aliphatic carbocycles. The third-order valence-electron chi connectivity index (χ3n) is 2.55. The van der Waals surface area contributed by atoms with Gasteiger partial charge < -0.3 is 0 Å². The molecule has 0 aromatic carbocycles. The lowest BCUT2D eigenvalue weighted by Crippen LogP contribution is -2.12. The van der Waals surface area contributed by atoms with Crippen LogP contribution in [0.5, 0.6) is 0 Å². The number of hydrogen-bond donors (Lipinski definition) is 0. The molecule has 0 spiro atoms. The zero-order valence-electron chi connectivity index (χ0n) is 7.12. The van der Waals surface area contributed by atoms with E-state index in [-0.39, 0.29) is 0 Å². The van der Waals surface area contributed by atoms with E-state index in [1.54, 1.807) is 0 Å². The molecule has 0 unspecified atom stereocenters. The number of nitriles is 1. The van der Waals surface area contributed by atoms with E-state index >= 15 is 0 Å². The number of aromatic nitrogens is 2.